The molecule has 0 spiro atoms. The average Bonchev–Trinajstić information content (AvgIpc) is 2.91. The van der Waals surface area contributed by atoms with Gasteiger partial charge in [0.2, 0.25) is 0 Å². The van der Waals surface area contributed by atoms with Crippen molar-refractivity contribution in [2.75, 3.05) is 6.26 Å². The molecule has 2 heterocycles. The third-order valence-electron chi connectivity index (χ3n) is 3.02. The van der Waals surface area contributed by atoms with E-state index in [9.17, 15) is 9.35 Å². The number of aryl methyl sites for hydroxylation is 1. The smallest absolute Gasteiger partial charge is 0.354 e. The van der Waals surface area contributed by atoms with Crippen LogP contribution < -0.4 is 0 Å². The Morgan fingerprint density at radius 2 is 2.17 bits per heavy atom. The highest BCUT2D eigenvalue weighted by molar-refractivity contribution is 7.90. The molecule has 0 radical (unpaired) electrons. The third-order valence-corrected chi connectivity index (χ3v) is 3.86. The number of nitrogens with one attached hydrogen (secondary N) is 2. The molecule has 0 bridgehead atoms. The molecule has 94 valence electrons. The second-order valence-corrected chi connectivity index (χ2v) is 5.36. The molecule has 0 aliphatic heterocycles. The number of aromatic amines is 2. The predicted molar refractivity (Wildman–Crippen MR) is 62.9 cm³/mol. The van der Waals surface area contributed by atoms with Gasteiger partial charge in [0.15, 0.2) is 0 Å². The highest BCUT2D eigenvalue weighted by Crippen LogP contribution is 2.36. The first-order valence-corrected chi connectivity index (χ1v) is 6.87. The van der Waals surface area contributed by atoms with Crippen LogP contribution in [-0.4, -0.2) is 42.3 Å². The molecule has 0 aromatic carbocycles. The molecule has 0 saturated carbocycles. The lowest BCUT2D eigenvalue weighted by molar-refractivity contribution is 0.0689. The Bertz CT molecular complexity index is 631. The van der Waals surface area contributed by atoms with E-state index >= 15 is 0 Å². The van der Waals surface area contributed by atoms with E-state index in [0.717, 1.165) is 5.69 Å². The number of carboxylic acid groups (broad SMARTS) is 1. The van der Waals surface area contributed by atoms with Gasteiger partial charge in [-0.15, -0.1) is 5.10 Å². The lowest BCUT2D eigenvalue weighted by Gasteiger charge is -2.11. The first kappa shape index (κ1) is 11.3. The van der Waals surface area contributed by atoms with E-state index in [-0.39, 0.29) is 5.69 Å². The zero-order valence-electron chi connectivity index (χ0n) is 9.48. The fraction of sp³-hybridized carbons (Fsp3) is 0.300. The number of carboxylic acids is 1. The first-order chi connectivity index (χ1) is 8.59. The minimum atomic E-state index is -1.24. The summed E-state index contributed by atoms with van der Waals surface area (Å²) in [6.45, 7) is 0. The molecule has 7 nitrogen and oxygen atoms in total. The van der Waals surface area contributed by atoms with E-state index in [4.69, 9.17) is 5.11 Å². The van der Waals surface area contributed by atoms with Crippen LogP contribution >= 0.6 is 0 Å². The van der Waals surface area contributed by atoms with Gasteiger partial charge in [-0.1, -0.05) is 0 Å². The second-order valence-electron chi connectivity index (χ2n) is 4.07. The number of hydrogen-bond donors (Lipinski definition) is 3. The van der Waals surface area contributed by atoms with Crippen LogP contribution in [0.5, 0.6) is 0 Å². The minimum absolute atomic E-state index is 0.102. The van der Waals surface area contributed by atoms with Gasteiger partial charge in [-0.05, 0) is 12.8 Å². The summed E-state index contributed by atoms with van der Waals surface area (Å²) in [6, 6.07) is 0. The largest absolute Gasteiger partial charge is 0.610 e. The first-order valence-electron chi connectivity index (χ1n) is 5.31. The number of aromatic carboxylic acids is 1. The minimum Gasteiger partial charge on any atom is -0.610 e. The van der Waals surface area contributed by atoms with Crippen molar-refractivity contribution < 1.29 is 14.5 Å². The molecular formula is C10H10N4O3S. The Morgan fingerprint density at radius 1 is 1.39 bits per heavy atom. The second kappa shape index (κ2) is 3.85. The van der Waals surface area contributed by atoms with Crippen LogP contribution in [0, 0.1) is 0 Å². The molecule has 2 aromatic rings. The number of aromatic nitrogens is 4. The van der Waals surface area contributed by atoms with Crippen molar-refractivity contribution in [3.8, 4) is 11.3 Å². The van der Waals surface area contributed by atoms with Crippen LogP contribution in [-0.2, 0) is 24.0 Å². The number of carbonyl (C=O) groups is 1. The number of H-pyrrole nitrogens is 2. The molecule has 18 heavy (non-hydrogen) atoms. The summed E-state index contributed by atoms with van der Waals surface area (Å²) in [5.74, 6) is -1.03. The van der Waals surface area contributed by atoms with Gasteiger partial charge in [-0.25, -0.2) is 4.79 Å². The lowest BCUT2D eigenvalue weighted by atomic mass is 9.94. The average molecular weight is 266 g/mol. The van der Waals surface area contributed by atoms with Gasteiger partial charge in [0.25, 0.3) is 5.03 Å². The maximum absolute atomic E-state index is 11.6. The predicted octanol–water partition coefficient (Wildman–Crippen LogP) is 0.334. The van der Waals surface area contributed by atoms with Crippen LogP contribution in [0.3, 0.4) is 0 Å². The molecular weight excluding hydrogens is 256 g/mol. The van der Waals surface area contributed by atoms with Gasteiger partial charge in [0.1, 0.15) is 23.2 Å². The zero-order valence-corrected chi connectivity index (χ0v) is 10.3. The highest BCUT2D eigenvalue weighted by Gasteiger charge is 2.32. The normalized spacial score (nSPS) is 15.0. The zero-order chi connectivity index (χ0) is 12.9. The Kier molecular flexibility index (Phi) is 2.42. The topological polar surface area (TPSA) is 118 Å². The molecule has 0 saturated heterocycles. The summed E-state index contributed by atoms with van der Waals surface area (Å²) in [5, 5.41) is 22.9. The van der Waals surface area contributed by atoms with Gasteiger partial charge in [-0.2, -0.15) is 5.10 Å². The Labute approximate surface area is 105 Å². The molecule has 0 amide bonds. The highest BCUT2D eigenvalue weighted by atomic mass is 32.2. The number of nitrogens with zero attached hydrogens (tertiary/aromatic N) is 2. The Balaban J connectivity index is 2.22. The fourth-order valence-corrected chi connectivity index (χ4v) is 2.92. The Hall–Kier alpha value is -1.80. The summed E-state index contributed by atoms with van der Waals surface area (Å²) in [4.78, 5) is 11.0. The summed E-state index contributed by atoms with van der Waals surface area (Å²) in [7, 11) is 0. The van der Waals surface area contributed by atoms with Crippen LogP contribution in [0.15, 0.2) is 5.03 Å². The van der Waals surface area contributed by atoms with E-state index in [1.165, 1.54) is 6.26 Å². The number of fused-ring (bicyclic) bond motifs is 3. The van der Waals surface area contributed by atoms with E-state index in [1.54, 1.807) is 0 Å². The van der Waals surface area contributed by atoms with Gasteiger partial charge < -0.3 is 9.66 Å². The monoisotopic (exact) mass is 266 g/mol. The standard InChI is InChI=1S/C10H10N4O3S/c1-18(17)9-6-5(11-14-9)3-2-4-7(6)12-13-8(4)10(15)16/h2-3H2,1H3,(H,11,14)(H,12,13)(H,15,16). The van der Waals surface area contributed by atoms with Crippen molar-refractivity contribution in [3.05, 3.63) is 17.0 Å². The van der Waals surface area contributed by atoms with Crippen molar-refractivity contribution >= 4 is 17.1 Å². The Morgan fingerprint density at radius 3 is 2.83 bits per heavy atom. The van der Waals surface area contributed by atoms with Crippen LogP contribution in [0.2, 0.25) is 0 Å². The number of hydrogen-bond acceptors (Lipinski definition) is 4. The van der Waals surface area contributed by atoms with E-state index in [1.807, 2.05) is 0 Å². The number of rotatable bonds is 2. The van der Waals surface area contributed by atoms with Crippen LogP contribution in [0.4, 0.5) is 0 Å². The summed E-state index contributed by atoms with van der Waals surface area (Å²) in [6.07, 6.45) is 2.76. The van der Waals surface area contributed by atoms with Gasteiger partial charge in [0, 0.05) is 16.7 Å². The van der Waals surface area contributed by atoms with E-state index in [0.29, 0.717) is 34.7 Å². The molecule has 1 aliphatic carbocycles. The third kappa shape index (κ3) is 1.46. The molecule has 0 fully saturated rings. The van der Waals surface area contributed by atoms with E-state index < -0.39 is 17.1 Å². The van der Waals surface area contributed by atoms with Gasteiger partial charge >= 0.3 is 5.97 Å². The van der Waals surface area contributed by atoms with Gasteiger partial charge in [-0.3, -0.25) is 10.2 Å². The summed E-state index contributed by atoms with van der Waals surface area (Å²) < 4.78 is 11.6. The molecule has 8 heteroatoms. The lowest BCUT2D eigenvalue weighted by Crippen LogP contribution is -2.08. The van der Waals surface area contributed by atoms with Crippen molar-refractivity contribution in [1.82, 2.24) is 20.4 Å². The molecule has 3 rings (SSSR count). The maximum atomic E-state index is 11.6. The molecule has 3 N–H and O–H groups in total. The molecule has 2 aromatic heterocycles. The summed E-state index contributed by atoms with van der Waals surface area (Å²) in [5.41, 5.74) is 2.84. The SMILES string of the molecule is C[S+]([O-])c1n[nH]c2c1-c1n[nH]c(C(=O)O)c1CC2. The van der Waals surface area contributed by atoms with Crippen molar-refractivity contribution in [2.45, 2.75) is 17.9 Å². The van der Waals surface area contributed by atoms with Gasteiger partial charge in [0.05, 0.1) is 5.69 Å². The molecule has 1 unspecified atom stereocenters. The van der Waals surface area contributed by atoms with Crippen LogP contribution in [0.25, 0.3) is 11.3 Å². The van der Waals surface area contributed by atoms with Crippen molar-refractivity contribution in [2.24, 2.45) is 0 Å². The quantitative estimate of drug-likeness (QED) is 0.677. The molecule has 1 aliphatic rings. The molecule has 1 atom stereocenters. The van der Waals surface area contributed by atoms with Crippen molar-refractivity contribution in [1.29, 1.82) is 0 Å². The maximum Gasteiger partial charge on any atom is 0.354 e. The van der Waals surface area contributed by atoms with E-state index in [2.05, 4.69) is 20.4 Å². The fourth-order valence-electron chi connectivity index (χ4n) is 2.23. The summed E-state index contributed by atoms with van der Waals surface area (Å²) >= 11 is -1.24. The van der Waals surface area contributed by atoms with Crippen LogP contribution in [0.1, 0.15) is 21.7 Å². The van der Waals surface area contributed by atoms with Crippen molar-refractivity contribution in [3.63, 3.8) is 0 Å².